The number of aliphatic hydroxyl groups is 1. The molecule has 1 fully saturated rings. The highest BCUT2D eigenvalue weighted by atomic mass is 79.9. The molecule has 1 amide bonds. The number of hydrogen-bond acceptors (Lipinski definition) is 2. The van der Waals surface area contributed by atoms with Crippen LogP contribution in [0.5, 0.6) is 0 Å². The summed E-state index contributed by atoms with van der Waals surface area (Å²) in [7, 11) is 0. The first kappa shape index (κ1) is 14.0. The number of piperidine rings is 1. The van der Waals surface area contributed by atoms with Crippen molar-refractivity contribution in [1.82, 2.24) is 4.90 Å². The summed E-state index contributed by atoms with van der Waals surface area (Å²) in [6, 6.07) is 5.50. The van der Waals surface area contributed by atoms with Gasteiger partial charge in [0.2, 0.25) is 0 Å². The van der Waals surface area contributed by atoms with Crippen molar-refractivity contribution in [1.29, 1.82) is 0 Å². The van der Waals surface area contributed by atoms with Crippen LogP contribution in [0.15, 0.2) is 27.1 Å². The number of amides is 1. The van der Waals surface area contributed by atoms with E-state index in [2.05, 4.69) is 31.9 Å². The fourth-order valence-corrected chi connectivity index (χ4v) is 3.28. The van der Waals surface area contributed by atoms with Crippen LogP contribution in [0.1, 0.15) is 23.7 Å². The first-order chi connectivity index (χ1) is 8.49. The lowest BCUT2D eigenvalue weighted by molar-refractivity contribution is 0.0248. The summed E-state index contributed by atoms with van der Waals surface area (Å²) in [6.45, 7) is 3.14. The van der Waals surface area contributed by atoms with Crippen molar-refractivity contribution in [2.24, 2.45) is 5.92 Å². The highest BCUT2D eigenvalue weighted by Crippen LogP contribution is 2.25. The molecule has 0 saturated carbocycles. The molecule has 3 nitrogen and oxygen atoms in total. The number of halogens is 2. The van der Waals surface area contributed by atoms with Crippen molar-refractivity contribution < 1.29 is 9.90 Å². The molecule has 0 radical (unpaired) electrons. The quantitative estimate of drug-likeness (QED) is 0.818. The average Bonchev–Trinajstić information content (AvgIpc) is 2.32. The second-order valence-electron chi connectivity index (χ2n) is 4.71. The van der Waals surface area contributed by atoms with Gasteiger partial charge in [-0.15, -0.1) is 0 Å². The van der Waals surface area contributed by atoms with E-state index in [1.165, 1.54) is 0 Å². The molecule has 18 heavy (non-hydrogen) atoms. The fraction of sp³-hybridized carbons (Fsp3) is 0.462. The maximum Gasteiger partial charge on any atom is 0.255 e. The van der Waals surface area contributed by atoms with Crippen molar-refractivity contribution >= 4 is 37.8 Å². The Labute approximate surface area is 123 Å². The topological polar surface area (TPSA) is 40.5 Å². The number of rotatable bonds is 1. The molecule has 0 spiro atoms. The average molecular weight is 377 g/mol. The van der Waals surface area contributed by atoms with Crippen LogP contribution in [0, 0.1) is 5.92 Å². The van der Waals surface area contributed by atoms with Crippen LogP contribution in [0.4, 0.5) is 0 Å². The van der Waals surface area contributed by atoms with E-state index in [1.54, 1.807) is 11.0 Å². The van der Waals surface area contributed by atoms with Gasteiger partial charge in [0.25, 0.3) is 5.91 Å². The number of benzene rings is 1. The number of β-amino-alcohol motifs (C(OH)–C–C–N with tert-alkyl or cyclic N) is 1. The number of hydrogen-bond donors (Lipinski definition) is 1. The second kappa shape index (κ2) is 5.72. The molecule has 1 aliphatic heterocycles. The number of carbonyl (C=O) groups is 1. The molecular weight excluding hydrogens is 362 g/mol. The van der Waals surface area contributed by atoms with E-state index in [-0.39, 0.29) is 11.8 Å². The van der Waals surface area contributed by atoms with Crippen LogP contribution in [-0.2, 0) is 0 Å². The molecule has 2 atom stereocenters. The van der Waals surface area contributed by atoms with Gasteiger partial charge in [-0.25, -0.2) is 0 Å². The van der Waals surface area contributed by atoms with E-state index in [0.29, 0.717) is 18.7 Å². The molecule has 2 unspecified atom stereocenters. The molecule has 0 bridgehead atoms. The second-order valence-corrected chi connectivity index (χ2v) is 6.48. The van der Waals surface area contributed by atoms with E-state index in [1.807, 2.05) is 19.1 Å². The van der Waals surface area contributed by atoms with Gasteiger partial charge in [0, 0.05) is 22.0 Å². The maximum absolute atomic E-state index is 12.4. The Hall–Kier alpha value is -0.390. The van der Waals surface area contributed by atoms with Crippen LogP contribution in [0.2, 0.25) is 0 Å². The number of carbonyl (C=O) groups excluding carboxylic acids is 1. The number of nitrogens with zero attached hydrogens (tertiary/aromatic N) is 1. The summed E-state index contributed by atoms with van der Waals surface area (Å²) in [5.74, 6) is 0.239. The Morgan fingerprint density at radius 1 is 1.44 bits per heavy atom. The summed E-state index contributed by atoms with van der Waals surface area (Å²) in [5, 5.41) is 9.84. The van der Waals surface area contributed by atoms with Crippen molar-refractivity contribution in [3.63, 3.8) is 0 Å². The van der Waals surface area contributed by atoms with Crippen molar-refractivity contribution in [2.75, 3.05) is 13.1 Å². The summed E-state index contributed by atoms with van der Waals surface area (Å²) in [6.07, 6.45) is 0.429. The van der Waals surface area contributed by atoms with E-state index < -0.39 is 6.10 Å². The van der Waals surface area contributed by atoms with Gasteiger partial charge >= 0.3 is 0 Å². The third kappa shape index (κ3) is 2.95. The molecule has 1 aromatic rings. The van der Waals surface area contributed by atoms with Gasteiger partial charge in [-0.3, -0.25) is 4.79 Å². The molecule has 0 aromatic heterocycles. The molecule has 2 rings (SSSR count). The van der Waals surface area contributed by atoms with Crippen LogP contribution >= 0.6 is 31.9 Å². The molecule has 1 aromatic carbocycles. The third-order valence-corrected chi connectivity index (χ3v) is 4.52. The zero-order chi connectivity index (χ0) is 13.3. The van der Waals surface area contributed by atoms with E-state index in [0.717, 1.165) is 15.4 Å². The molecule has 1 heterocycles. The molecule has 1 N–H and O–H groups in total. The maximum atomic E-state index is 12.4. The lowest BCUT2D eigenvalue weighted by atomic mass is 9.95. The Kier molecular flexibility index (Phi) is 4.45. The number of likely N-dealkylation sites (tertiary alicyclic amines) is 1. The summed E-state index contributed by atoms with van der Waals surface area (Å²) < 4.78 is 1.70. The number of aliphatic hydroxyl groups excluding tert-OH is 1. The van der Waals surface area contributed by atoms with Gasteiger partial charge in [-0.05, 0) is 46.5 Å². The third-order valence-electron chi connectivity index (χ3n) is 3.37. The molecule has 5 heteroatoms. The van der Waals surface area contributed by atoms with Gasteiger partial charge in [0.15, 0.2) is 0 Å². The highest BCUT2D eigenvalue weighted by molar-refractivity contribution is 9.11. The van der Waals surface area contributed by atoms with Crippen LogP contribution in [-0.4, -0.2) is 35.1 Å². The molecule has 0 aliphatic carbocycles. The van der Waals surface area contributed by atoms with Gasteiger partial charge < -0.3 is 10.0 Å². The Morgan fingerprint density at radius 3 is 2.78 bits per heavy atom. The van der Waals surface area contributed by atoms with Crippen LogP contribution in [0.25, 0.3) is 0 Å². The lowest BCUT2D eigenvalue weighted by Gasteiger charge is -2.34. The summed E-state index contributed by atoms with van der Waals surface area (Å²) >= 11 is 6.77. The zero-order valence-corrected chi connectivity index (χ0v) is 13.2. The van der Waals surface area contributed by atoms with E-state index in [4.69, 9.17) is 0 Å². The van der Waals surface area contributed by atoms with Crippen molar-refractivity contribution in [3.8, 4) is 0 Å². The van der Waals surface area contributed by atoms with Gasteiger partial charge in [0.1, 0.15) is 0 Å². The minimum absolute atomic E-state index is 0.0275. The minimum Gasteiger partial charge on any atom is -0.391 e. The first-order valence-electron chi connectivity index (χ1n) is 5.91. The SMILES string of the molecule is CC1CCN(C(=O)c2ccc(Br)cc2Br)CC1O. The van der Waals surface area contributed by atoms with Gasteiger partial charge in [0.05, 0.1) is 11.7 Å². The predicted molar refractivity (Wildman–Crippen MR) is 77.5 cm³/mol. The first-order valence-corrected chi connectivity index (χ1v) is 7.50. The Balaban J connectivity index is 2.16. The van der Waals surface area contributed by atoms with Crippen molar-refractivity contribution in [2.45, 2.75) is 19.4 Å². The van der Waals surface area contributed by atoms with E-state index in [9.17, 15) is 9.90 Å². The molecule has 1 saturated heterocycles. The molecule has 98 valence electrons. The van der Waals surface area contributed by atoms with Gasteiger partial charge in [-0.2, -0.15) is 0 Å². The summed E-state index contributed by atoms with van der Waals surface area (Å²) in [5.41, 5.74) is 0.639. The molecular formula is C13H15Br2NO2. The zero-order valence-electron chi connectivity index (χ0n) is 10.1. The molecule has 1 aliphatic rings. The van der Waals surface area contributed by atoms with Crippen LogP contribution < -0.4 is 0 Å². The highest BCUT2D eigenvalue weighted by Gasteiger charge is 2.28. The lowest BCUT2D eigenvalue weighted by Crippen LogP contribution is -2.45. The fourth-order valence-electron chi connectivity index (χ4n) is 2.07. The Morgan fingerprint density at radius 2 is 2.17 bits per heavy atom. The van der Waals surface area contributed by atoms with Gasteiger partial charge in [-0.1, -0.05) is 22.9 Å². The monoisotopic (exact) mass is 375 g/mol. The smallest absolute Gasteiger partial charge is 0.255 e. The predicted octanol–water partition coefficient (Wildman–Crippen LogP) is 3.05. The van der Waals surface area contributed by atoms with Crippen molar-refractivity contribution in [3.05, 3.63) is 32.7 Å². The van der Waals surface area contributed by atoms with E-state index >= 15 is 0 Å². The largest absolute Gasteiger partial charge is 0.391 e. The normalized spacial score (nSPS) is 24.1. The standard InChI is InChI=1S/C13H15Br2NO2/c1-8-4-5-16(7-12(8)17)13(18)10-3-2-9(14)6-11(10)15/h2-3,6,8,12,17H,4-5,7H2,1H3. The Bertz CT molecular complexity index is 464. The minimum atomic E-state index is -0.420. The summed E-state index contributed by atoms with van der Waals surface area (Å²) in [4.78, 5) is 14.1. The van der Waals surface area contributed by atoms with Crippen LogP contribution in [0.3, 0.4) is 0 Å².